The SMILES string of the molecule is CCOCCCNc1nc2ccccn2c(=O)c1C=C1SC(=S)N(CCc2ccccc2)C1=O. The predicted molar refractivity (Wildman–Crippen MR) is 141 cm³/mol. The van der Waals surface area contributed by atoms with Crippen LogP contribution in [0.2, 0.25) is 0 Å². The number of pyridine rings is 1. The van der Waals surface area contributed by atoms with Crippen molar-refractivity contribution in [2.45, 2.75) is 19.8 Å². The Labute approximate surface area is 207 Å². The first-order valence-electron chi connectivity index (χ1n) is 11.2. The molecule has 0 radical (unpaired) electrons. The van der Waals surface area contributed by atoms with Gasteiger partial charge >= 0.3 is 0 Å². The molecule has 0 bridgehead atoms. The molecule has 0 spiro atoms. The lowest BCUT2D eigenvalue weighted by Crippen LogP contribution is -2.30. The van der Waals surface area contributed by atoms with Crippen LogP contribution < -0.4 is 10.9 Å². The standard InChI is InChI=1S/C25H26N4O3S2/c1-2-32-16-8-13-26-22-19(23(30)28-14-7-6-11-21(28)27-22)17-20-24(31)29(25(33)34-20)15-12-18-9-4-3-5-10-18/h3-7,9-11,14,17,26H,2,8,12-13,15-16H2,1H3. The smallest absolute Gasteiger partial charge is 0.267 e. The summed E-state index contributed by atoms with van der Waals surface area (Å²) in [6.07, 6.45) is 4.76. The molecule has 34 heavy (non-hydrogen) atoms. The number of nitrogens with zero attached hydrogens (tertiary/aromatic N) is 3. The van der Waals surface area contributed by atoms with Gasteiger partial charge in [-0.2, -0.15) is 0 Å². The normalized spacial score (nSPS) is 15.0. The Morgan fingerprint density at radius 2 is 1.94 bits per heavy atom. The number of hydrogen-bond donors (Lipinski definition) is 1. The highest BCUT2D eigenvalue weighted by Gasteiger charge is 2.32. The fourth-order valence-electron chi connectivity index (χ4n) is 3.60. The zero-order chi connectivity index (χ0) is 23.9. The number of rotatable bonds is 10. The van der Waals surface area contributed by atoms with Gasteiger partial charge in [0.1, 0.15) is 15.8 Å². The van der Waals surface area contributed by atoms with Crippen LogP contribution in [0.25, 0.3) is 11.7 Å². The highest BCUT2D eigenvalue weighted by molar-refractivity contribution is 8.26. The Kier molecular flexibility index (Phi) is 8.10. The van der Waals surface area contributed by atoms with Gasteiger partial charge in [0, 0.05) is 32.5 Å². The zero-order valence-corrected chi connectivity index (χ0v) is 20.5. The summed E-state index contributed by atoms with van der Waals surface area (Å²) in [5, 5.41) is 3.25. The molecule has 1 amide bonds. The number of thioether (sulfide) groups is 1. The average Bonchev–Trinajstić information content (AvgIpc) is 3.12. The number of fused-ring (bicyclic) bond motifs is 1. The molecule has 0 aliphatic carbocycles. The van der Waals surface area contributed by atoms with Crippen LogP contribution in [0, 0.1) is 0 Å². The van der Waals surface area contributed by atoms with Gasteiger partial charge in [-0.3, -0.25) is 18.9 Å². The van der Waals surface area contributed by atoms with Gasteiger partial charge in [-0.05, 0) is 43.5 Å². The molecule has 2 aromatic heterocycles. The molecule has 1 aromatic carbocycles. The second-order valence-electron chi connectivity index (χ2n) is 7.65. The number of carbonyl (C=O) groups is 1. The van der Waals surface area contributed by atoms with E-state index in [2.05, 4.69) is 10.3 Å². The second-order valence-corrected chi connectivity index (χ2v) is 9.33. The minimum absolute atomic E-state index is 0.189. The van der Waals surface area contributed by atoms with Crippen LogP contribution in [0.5, 0.6) is 0 Å². The molecule has 0 saturated carbocycles. The maximum absolute atomic E-state index is 13.3. The lowest BCUT2D eigenvalue weighted by atomic mass is 10.1. The van der Waals surface area contributed by atoms with Crippen molar-refractivity contribution < 1.29 is 9.53 Å². The Morgan fingerprint density at radius 1 is 1.15 bits per heavy atom. The molecule has 1 aliphatic heterocycles. The van der Waals surface area contributed by atoms with Crippen LogP contribution in [-0.2, 0) is 16.0 Å². The van der Waals surface area contributed by atoms with Gasteiger partial charge in [-0.1, -0.05) is 60.4 Å². The van der Waals surface area contributed by atoms with E-state index < -0.39 is 0 Å². The van der Waals surface area contributed by atoms with Crippen LogP contribution in [-0.4, -0.2) is 50.8 Å². The number of anilines is 1. The summed E-state index contributed by atoms with van der Waals surface area (Å²) in [4.78, 5) is 33.1. The Bertz CT molecular complexity index is 1270. The fraction of sp³-hybridized carbons (Fsp3) is 0.280. The summed E-state index contributed by atoms with van der Waals surface area (Å²) in [6.45, 7) is 4.31. The van der Waals surface area contributed by atoms with Gasteiger partial charge in [-0.15, -0.1) is 0 Å². The first-order valence-corrected chi connectivity index (χ1v) is 12.4. The van der Waals surface area contributed by atoms with Crippen LogP contribution in [0.15, 0.2) is 64.4 Å². The quantitative estimate of drug-likeness (QED) is 0.260. The molecule has 3 aromatic rings. The number of aromatic nitrogens is 2. The fourth-order valence-corrected chi connectivity index (χ4v) is 4.89. The molecule has 176 valence electrons. The number of carbonyl (C=O) groups excluding carboxylic acids is 1. The summed E-state index contributed by atoms with van der Waals surface area (Å²) in [7, 11) is 0. The molecule has 3 heterocycles. The van der Waals surface area contributed by atoms with E-state index in [0.717, 1.165) is 12.0 Å². The largest absolute Gasteiger partial charge is 0.382 e. The van der Waals surface area contributed by atoms with Crippen molar-refractivity contribution >= 4 is 51.7 Å². The minimum atomic E-state index is -0.243. The van der Waals surface area contributed by atoms with E-state index >= 15 is 0 Å². The summed E-state index contributed by atoms with van der Waals surface area (Å²) in [6, 6.07) is 15.4. The van der Waals surface area contributed by atoms with Crippen LogP contribution in [0.1, 0.15) is 24.5 Å². The van der Waals surface area contributed by atoms with Crippen molar-refractivity contribution in [2.75, 3.05) is 31.6 Å². The Balaban J connectivity index is 1.60. The molecule has 1 N–H and O–H groups in total. The number of nitrogens with one attached hydrogen (secondary N) is 1. The summed E-state index contributed by atoms with van der Waals surface area (Å²) in [5.41, 5.74) is 1.76. The first kappa shape index (κ1) is 24.1. The molecule has 0 atom stereocenters. The maximum atomic E-state index is 13.3. The van der Waals surface area contributed by atoms with E-state index in [1.165, 1.54) is 16.2 Å². The van der Waals surface area contributed by atoms with Crippen molar-refractivity contribution in [3.63, 3.8) is 0 Å². The molecule has 4 rings (SSSR count). The van der Waals surface area contributed by atoms with E-state index in [4.69, 9.17) is 17.0 Å². The van der Waals surface area contributed by atoms with Crippen LogP contribution in [0.3, 0.4) is 0 Å². The number of hydrogen-bond acceptors (Lipinski definition) is 7. The van der Waals surface area contributed by atoms with Crippen molar-refractivity contribution in [2.24, 2.45) is 0 Å². The second kappa shape index (κ2) is 11.4. The van der Waals surface area contributed by atoms with E-state index in [9.17, 15) is 9.59 Å². The van der Waals surface area contributed by atoms with Gasteiger partial charge in [0.2, 0.25) is 0 Å². The molecule has 0 unspecified atom stereocenters. The Hall–Kier alpha value is -3.01. The molecule has 1 fully saturated rings. The average molecular weight is 495 g/mol. The molecule has 1 aliphatic rings. The molecular weight excluding hydrogens is 468 g/mol. The molecular formula is C25H26N4O3S2. The van der Waals surface area contributed by atoms with Crippen LogP contribution in [0.4, 0.5) is 5.82 Å². The number of amides is 1. The third-order valence-corrected chi connectivity index (χ3v) is 6.72. The van der Waals surface area contributed by atoms with Crippen molar-refractivity contribution in [1.29, 1.82) is 0 Å². The first-order chi connectivity index (χ1) is 16.6. The topological polar surface area (TPSA) is 75.9 Å². The van der Waals surface area contributed by atoms with Crippen molar-refractivity contribution in [1.82, 2.24) is 14.3 Å². The summed E-state index contributed by atoms with van der Waals surface area (Å²) >= 11 is 6.69. The van der Waals surface area contributed by atoms with Gasteiger partial charge in [0.15, 0.2) is 0 Å². The summed E-state index contributed by atoms with van der Waals surface area (Å²) < 4.78 is 7.36. The van der Waals surface area contributed by atoms with Gasteiger partial charge in [0.25, 0.3) is 11.5 Å². The number of thiocarbonyl (C=S) groups is 1. The minimum Gasteiger partial charge on any atom is -0.382 e. The number of benzene rings is 1. The van der Waals surface area contributed by atoms with Gasteiger partial charge in [-0.25, -0.2) is 4.98 Å². The number of ether oxygens (including phenoxy) is 1. The predicted octanol–water partition coefficient (Wildman–Crippen LogP) is 3.98. The van der Waals surface area contributed by atoms with Crippen molar-refractivity contribution in [3.05, 3.63) is 81.1 Å². The molecule has 1 saturated heterocycles. The molecule has 9 heteroatoms. The third-order valence-electron chi connectivity index (χ3n) is 5.35. The summed E-state index contributed by atoms with van der Waals surface area (Å²) in [5.74, 6) is 0.257. The van der Waals surface area contributed by atoms with E-state index in [1.807, 2.05) is 43.3 Å². The van der Waals surface area contributed by atoms with E-state index in [-0.39, 0.29) is 11.5 Å². The maximum Gasteiger partial charge on any atom is 0.267 e. The molecule has 7 nitrogen and oxygen atoms in total. The van der Waals surface area contributed by atoms with Crippen molar-refractivity contribution in [3.8, 4) is 0 Å². The van der Waals surface area contributed by atoms with E-state index in [1.54, 1.807) is 29.3 Å². The van der Waals surface area contributed by atoms with Gasteiger partial charge < -0.3 is 10.1 Å². The highest BCUT2D eigenvalue weighted by atomic mass is 32.2. The van der Waals surface area contributed by atoms with Gasteiger partial charge in [0.05, 0.1) is 10.5 Å². The zero-order valence-electron chi connectivity index (χ0n) is 18.9. The van der Waals surface area contributed by atoms with E-state index in [0.29, 0.717) is 59.0 Å². The highest BCUT2D eigenvalue weighted by Crippen LogP contribution is 2.33. The lowest BCUT2D eigenvalue weighted by molar-refractivity contribution is -0.122. The third kappa shape index (κ3) is 5.55. The Morgan fingerprint density at radius 3 is 2.74 bits per heavy atom. The monoisotopic (exact) mass is 494 g/mol. The van der Waals surface area contributed by atoms with Crippen LogP contribution >= 0.6 is 24.0 Å². The lowest BCUT2D eigenvalue weighted by Gasteiger charge is -2.14.